The molecule has 0 bridgehead atoms. The van der Waals surface area contributed by atoms with Crippen molar-refractivity contribution in [1.82, 2.24) is 4.98 Å². The number of nitriles is 1. The van der Waals surface area contributed by atoms with E-state index in [1.807, 2.05) is 6.07 Å². The molecule has 1 heterocycles. The molecule has 19 heavy (non-hydrogen) atoms. The zero-order chi connectivity index (χ0) is 13.6. The number of fused-ring (bicyclic) bond motifs is 2. The molecule has 6 N–H and O–H groups in total. The van der Waals surface area contributed by atoms with Crippen LogP contribution in [0.15, 0.2) is 30.6 Å². The van der Waals surface area contributed by atoms with Crippen LogP contribution in [0, 0.1) is 11.3 Å². The molecule has 1 aromatic heterocycles. The molecule has 0 atom stereocenters. The summed E-state index contributed by atoms with van der Waals surface area (Å²) in [5.41, 5.74) is 20.0. The molecule has 0 unspecified atom stereocenters. The predicted molar refractivity (Wildman–Crippen MR) is 77.2 cm³/mol. The van der Waals surface area contributed by atoms with Crippen LogP contribution >= 0.6 is 0 Å². The molecule has 0 amide bonds. The fourth-order valence-corrected chi connectivity index (χ4v) is 2.38. The number of anilines is 3. The van der Waals surface area contributed by atoms with Crippen LogP contribution in [0.4, 0.5) is 17.1 Å². The summed E-state index contributed by atoms with van der Waals surface area (Å²) in [7, 11) is 0. The number of nitrogen functional groups attached to an aromatic ring is 3. The second-order valence-corrected chi connectivity index (χ2v) is 4.35. The SMILES string of the molecule is N#Cc1cc2cc3cnccc(N)c3c(N)c2c1N. The molecule has 3 rings (SSSR count). The van der Waals surface area contributed by atoms with Crippen molar-refractivity contribution in [3.63, 3.8) is 0 Å². The number of nitrogens with zero attached hydrogens (tertiary/aromatic N) is 2. The molecular weight excluding hydrogens is 238 g/mol. The minimum Gasteiger partial charge on any atom is -0.398 e. The van der Waals surface area contributed by atoms with Crippen molar-refractivity contribution in [2.24, 2.45) is 0 Å². The minimum atomic E-state index is 0.399. The van der Waals surface area contributed by atoms with Gasteiger partial charge >= 0.3 is 0 Å². The molecule has 5 heteroatoms. The lowest BCUT2D eigenvalue weighted by molar-refractivity contribution is 1.38. The number of benzene rings is 1. The average Bonchev–Trinajstić information content (AvgIpc) is 2.58. The van der Waals surface area contributed by atoms with Gasteiger partial charge in [0.1, 0.15) is 6.07 Å². The molecule has 0 fully saturated rings. The first-order chi connectivity index (χ1) is 9.13. The third kappa shape index (κ3) is 1.44. The number of hydrogen-bond acceptors (Lipinski definition) is 5. The lowest BCUT2D eigenvalue weighted by atomic mass is 10.1. The highest BCUT2D eigenvalue weighted by Gasteiger charge is 2.14. The van der Waals surface area contributed by atoms with E-state index < -0.39 is 0 Å². The van der Waals surface area contributed by atoms with Gasteiger partial charge in [-0.3, -0.25) is 4.98 Å². The summed E-state index contributed by atoms with van der Waals surface area (Å²) in [5.74, 6) is 0. The third-order valence-electron chi connectivity index (χ3n) is 3.25. The average molecular weight is 249 g/mol. The molecule has 0 aliphatic heterocycles. The maximum atomic E-state index is 9.03. The van der Waals surface area contributed by atoms with Gasteiger partial charge in [0.25, 0.3) is 0 Å². The summed E-state index contributed by atoms with van der Waals surface area (Å²) < 4.78 is 0. The highest BCUT2D eigenvalue weighted by Crippen LogP contribution is 2.39. The van der Waals surface area contributed by atoms with Gasteiger partial charge in [-0.15, -0.1) is 0 Å². The summed E-state index contributed by atoms with van der Waals surface area (Å²) in [5, 5.41) is 12.1. The summed E-state index contributed by atoms with van der Waals surface area (Å²) >= 11 is 0. The fraction of sp³-hybridized carbons (Fsp3) is 0. The third-order valence-corrected chi connectivity index (χ3v) is 3.25. The Labute approximate surface area is 109 Å². The van der Waals surface area contributed by atoms with E-state index in [4.69, 9.17) is 22.5 Å². The fourth-order valence-electron chi connectivity index (χ4n) is 2.38. The molecule has 0 radical (unpaired) electrons. The number of hydrogen-bond donors (Lipinski definition) is 3. The van der Waals surface area contributed by atoms with Gasteiger partial charge in [0.2, 0.25) is 0 Å². The van der Waals surface area contributed by atoms with E-state index in [0.29, 0.717) is 33.4 Å². The number of nitrogens with two attached hydrogens (primary N) is 3. The Balaban J connectivity index is 2.63. The van der Waals surface area contributed by atoms with Crippen LogP contribution in [-0.2, 0) is 0 Å². The summed E-state index contributed by atoms with van der Waals surface area (Å²) in [6.07, 6.45) is 3.31. The summed E-state index contributed by atoms with van der Waals surface area (Å²) in [6.45, 7) is 0. The Morgan fingerprint density at radius 2 is 1.79 bits per heavy atom. The van der Waals surface area contributed by atoms with Crippen LogP contribution in [0.25, 0.3) is 21.5 Å². The summed E-state index contributed by atoms with van der Waals surface area (Å²) in [6, 6.07) is 7.37. The van der Waals surface area contributed by atoms with Gasteiger partial charge in [0, 0.05) is 34.2 Å². The monoisotopic (exact) mass is 249 g/mol. The lowest BCUT2D eigenvalue weighted by Gasteiger charge is -2.05. The van der Waals surface area contributed by atoms with Gasteiger partial charge in [-0.05, 0) is 23.6 Å². The molecule has 0 aliphatic rings. The highest BCUT2D eigenvalue weighted by molar-refractivity contribution is 6.19. The zero-order valence-corrected chi connectivity index (χ0v) is 10.0. The van der Waals surface area contributed by atoms with Crippen molar-refractivity contribution < 1.29 is 0 Å². The minimum absolute atomic E-state index is 0.399. The molecule has 0 aliphatic carbocycles. The van der Waals surface area contributed by atoms with Crippen LogP contribution < -0.4 is 17.2 Å². The molecule has 0 spiro atoms. The van der Waals surface area contributed by atoms with E-state index in [1.165, 1.54) is 0 Å². The molecule has 5 nitrogen and oxygen atoms in total. The molecule has 0 saturated carbocycles. The largest absolute Gasteiger partial charge is 0.398 e. The Bertz CT molecular complexity index is 861. The van der Waals surface area contributed by atoms with E-state index in [-0.39, 0.29) is 0 Å². The van der Waals surface area contributed by atoms with Gasteiger partial charge in [0.15, 0.2) is 0 Å². The van der Waals surface area contributed by atoms with Crippen LogP contribution in [-0.4, -0.2) is 4.98 Å². The van der Waals surface area contributed by atoms with Crippen molar-refractivity contribution in [3.8, 4) is 6.07 Å². The van der Waals surface area contributed by atoms with Crippen molar-refractivity contribution in [3.05, 3.63) is 36.2 Å². The van der Waals surface area contributed by atoms with Gasteiger partial charge in [-0.1, -0.05) is 0 Å². The van der Waals surface area contributed by atoms with E-state index in [0.717, 1.165) is 10.8 Å². The van der Waals surface area contributed by atoms with E-state index in [1.54, 1.807) is 24.5 Å². The van der Waals surface area contributed by atoms with E-state index in [2.05, 4.69) is 11.1 Å². The maximum Gasteiger partial charge on any atom is 0.101 e. The first kappa shape index (κ1) is 11.1. The van der Waals surface area contributed by atoms with Crippen LogP contribution in [0.5, 0.6) is 0 Å². The predicted octanol–water partition coefficient (Wildman–Crippen LogP) is 2.01. The van der Waals surface area contributed by atoms with Gasteiger partial charge in [-0.25, -0.2) is 0 Å². The smallest absolute Gasteiger partial charge is 0.101 e. The highest BCUT2D eigenvalue weighted by atomic mass is 14.7. The normalized spacial score (nSPS) is 10.7. The summed E-state index contributed by atoms with van der Waals surface area (Å²) in [4.78, 5) is 4.10. The quantitative estimate of drug-likeness (QED) is 0.527. The van der Waals surface area contributed by atoms with Gasteiger partial charge in [-0.2, -0.15) is 5.26 Å². The van der Waals surface area contributed by atoms with Crippen molar-refractivity contribution in [2.75, 3.05) is 17.2 Å². The Morgan fingerprint density at radius 1 is 1.00 bits per heavy atom. The van der Waals surface area contributed by atoms with Crippen LogP contribution in [0.3, 0.4) is 0 Å². The van der Waals surface area contributed by atoms with Crippen molar-refractivity contribution in [2.45, 2.75) is 0 Å². The molecular formula is C14H11N5. The second kappa shape index (κ2) is 3.75. The van der Waals surface area contributed by atoms with Crippen LogP contribution in [0.1, 0.15) is 5.56 Å². The lowest BCUT2D eigenvalue weighted by Crippen LogP contribution is -1.94. The second-order valence-electron chi connectivity index (χ2n) is 4.35. The van der Waals surface area contributed by atoms with Crippen molar-refractivity contribution in [1.29, 1.82) is 5.26 Å². The molecule has 3 aromatic rings. The van der Waals surface area contributed by atoms with E-state index in [9.17, 15) is 0 Å². The molecule has 92 valence electrons. The first-order valence-corrected chi connectivity index (χ1v) is 5.67. The Hall–Kier alpha value is -3.00. The molecule has 2 aromatic carbocycles. The standard InChI is InChI=1S/C14H11N5/c15-5-8-3-7-4-9-6-19-2-1-10(16)11(9)14(18)12(7)13(8)17/h1-4,6H,16-18H2. The topological polar surface area (TPSA) is 115 Å². The first-order valence-electron chi connectivity index (χ1n) is 5.67. The van der Waals surface area contributed by atoms with E-state index >= 15 is 0 Å². The Morgan fingerprint density at radius 3 is 2.53 bits per heavy atom. The van der Waals surface area contributed by atoms with Crippen LogP contribution in [0.2, 0.25) is 0 Å². The zero-order valence-electron chi connectivity index (χ0n) is 10.0. The Kier molecular flexibility index (Phi) is 2.19. The number of aromatic nitrogens is 1. The van der Waals surface area contributed by atoms with Gasteiger partial charge in [0.05, 0.1) is 16.9 Å². The van der Waals surface area contributed by atoms with Crippen molar-refractivity contribution >= 4 is 38.6 Å². The maximum absolute atomic E-state index is 9.03. The number of rotatable bonds is 0. The van der Waals surface area contributed by atoms with Gasteiger partial charge < -0.3 is 17.2 Å². The molecule has 0 saturated heterocycles.